The second-order valence-corrected chi connectivity index (χ2v) is 6.49. The van der Waals surface area contributed by atoms with Crippen molar-refractivity contribution in [3.63, 3.8) is 0 Å². The van der Waals surface area contributed by atoms with Crippen LogP contribution in [0, 0.1) is 6.92 Å². The molecule has 0 radical (unpaired) electrons. The summed E-state index contributed by atoms with van der Waals surface area (Å²) in [7, 11) is 0. The number of rotatable bonds is 3. The van der Waals surface area contributed by atoms with Gasteiger partial charge in [-0.1, -0.05) is 34.1 Å². The minimum Gasteiger partial charge on any atom is -0.325 e. The number of amides is 3. The summed E-state index contributed by atoms with van der Waals surface area (Å²) in [6.45, 7) is 1.62. The monoisotopic (exact) mass is 386 g/mol. The first-order valence-corrected chi connectivity index (χ1v) is 8.23. The number of hydrogen-bond acceptors (Lipinski definition) is 3. The van der Waals surface area contributed by atoms with E-state index in [1.54, 1.807) is 30.3 Å². The van der Waals surface area contributed by atoms with Gasteiger partial charge in [0.05, 0.1) is 6.42 Å². The zero-order valence-corrected chi connectivity index (χ0v) is 14.6. The summed E-state index contributed by atoms with van der Waals surface area (Å²) in [6, 6.07) is 12.4. The topological polar surface area (TPSA) is 66.5 Å². The Morgan fingerprint density at radius 2 is 1.96 bits per heavy atom. The molecule has 0 spiro atoms. The molecule has 3 amide bonds. The summed E-state index contributed by atoms with van der Waals surface area (Å²) in [4.78, 5) is 37.8. The highest BCUT2D eigenvalue weighted by molar-refractivity contribution is 9.10. The van der Waals surface area contributed by atoms with Crippen LogP contribution in [0.3, 0.4) is 0 Å². The van der Waals surface area contributed by atoms with Crippen LogP contribution in [0.2, 0.25) is 0 Å². The molecule has 0 atom stereocenters. The molecule has 5 nitrogen and oxygen atoms in total. The first-order chi connectivity index (χ1) is 11.5. The van der Waals surface area contributed by atoms with Crippen molar-refractivity contribution in [2.24, 2.45) is 0 Å². The second-order valence-electron chi connectivity index (χ2n) is 5.63. The molecule has 0 aliphatic carbocycles. The summed E-state index contributed by atoms with van der Waals surface area (Å²) < 4.78 is 0.943. The molecule has 0 fully saturated rings. The maximum Gasteiger partial charge on any atom is 0.261 e. The Bertz CT molecular complexity index is 848. The zero-order valence-electron chi connectivity index (χ0n) is 13.0. The van der Waals surface area contributed by atoms with E-state index >= 15 is 0 Å². The van der Waals surface area contributed by atoms with Crippen molar-refractivity contribution in [3.8, 4) is 0 Å². The third-order valence-corrected chi connectivity index (χ3v) is 4.77. The number of anilines is 1. The predicted molar refractivity (Wildman–Crippen MR) is 93.7 cm³/mol. The van der Waals surface area contributed by atoms with Gasteiger partial charge in [0.25, 0.3) is 5.91 Å². The molecular formula is C18H15BrN2O3. The van der Waals surface area contributed by atoms with Gasteiger partial charge >= 0.3 is 0 Å². The van der Waals surface area contributed by atoms with Gasteiger partial charge in [-0.2, -0.15) is 0 Å². The molecule has 1 aliphatic rings. The Hall–Kier alpha value is -2.47. The number of nitrogens with one attached hydrogen (secondary N) is 1. The van der Waals surface area contributed by atoms with Crippen LogP contribution in [0.25, 0.3) is 0 Å². The van der Waals surface area contributed by atoms with E-state index in [9.17, 15) is 14.4 Å². The highest BCUT2D eigenvalue weighted by Crippen LogP contribution is 2.21. The summed E-state index contributed by atoms with van der Waals surface area (Å²) in [5, 5.41) is 2.72. The van der Waals surface area contributed by atoms with Gasteiger partial charge in [-0.25, -0.2) is 0 Å². The van der Waals surface area contributed by atoms with Crippen molar-refractivity contribution >= 4 is 39.3 Å². The lowest BCUT2D eigenvalue weighted by Crippen LogP contribution is -2.46. The molecule has 24 heavy (non-hydrogen) atoms. The highest BCUT2D eigenvalue weighted by atomic mass is 79.9. The fourth-order valence-electron chi connectivity index (χ4n) is 2.63. The van der Waals surface area contributed by atoms with Gasteiger partial charge in [0.1, 0.15) is 6.54 Å². The molecule has 1 aliphatic heterocycles. The first-order valence-electron chi connectivity index (χ1n) is 7.44. The molecule has 2 aromatic carbocycles. The number of aryl methyl sites for hydroxylation is 1. The van der Waals surface area contributed by atoms with E-state index in [1.807, 2.05) is 19.1 Å². The third-order valence-electron chi connectivity index (χ3n) is 3.88. The van der Waals surface area contributed by atoms with Crippen LogP contribution in [0.15, 0.2) is 46.9 Å². The van der Waals surface area contributed by atoms with E-state index in [4.69, 9.17) is 0 Å². The largest absolute Gasteiger partial charge is 0.325 e. The molecule has 0 saturated carbocycles. The Morgan fingerprint density at radius 1 is 1.21 bits per heavy atom. The number of fused-ring (bicyclic) bond motifs is 1. The molecule has 0 unspecified atom stereocenters. The van der Waals surface area contributed by atoms with E-state index in [-0.39, 0.29) is 18.9 Å². The molecule has 0 saturated heterocycles. The zero-order chi connectivity index (χ0) is 17.3. The summed E-state index contributed by atoms with van der Waals surface area (Å²) in [5.74, 6) is -1.19. The minimum absolute atomic E-state index is 0.132. The van der Waals surface area contributed by atoms with E-state index in [0.717, 1.165) is 14.9 Å². The van der Waals surface area contributed by atoms with E-state index in [2.05, 4.69) is 21.2 Å². The van der Waals surface area contributed by atoms with Gasteiger partial charge in [-0.3, -0.25) is 19.3 Å². The lowest BCUT2D eigenvalue weighted by atomic mass is 9.98. The number of carbonyl (C=O) groups excluding carboxylic acids is 3. The van der Waals surface area contributed by atoms with Gasteiger partial charge in [-0.15, -0.1) is 0 Å². The van der Waals surface area contributed by atoms with Crippen LogP contribution < -0.4 is 5.32 Å². The molecule has 1 N–H and O–H groups in total. The predicted octanol–water partition coefficient (Wildman–Crippen LogP) is 2.92. The molecule has 122 valence electrons. The fourth-order valence-corrected chi connectivity index (χ4v) is 2.87. The molecule has 1 heterocycles. The van der Waals surface area contributed by atoms with Gasteiger partial charge in [-0.05, 0) is 42.3 Å². The normalized spacial score (nSPS) is 13.7. The minimum atomic E-state index is -0.427. The Labute approximate surface area is 147 Å². The molecule has 2 aromatic rings. The molecule has 0 bridgehead atoms. The highest BCUT2D eigenvalue weighted by Gasteiger charge is 2.31. The Kier molecular flexibility index (Phi) is 4.49. The maximum atomic E-state index is 12.4. The summed E-state index contributed by atoms with van der Waals surface area (Å²) in [6.07, 6.45) is 0.132. The van der Waals surface area contributed by atoms with Crippen molar-refractivity contribution in [1.82, 2.24) is 4.90 Å². The Balaban J connectivity index is 1.73. The SMILES string of the molecule is Cc1cc(NC(=O)CN2C(=O)Cc3ccccc3C2=O)ccc1Br. The number of halogens is 1. The fraction of sp³-hybridized carbons (Fsp3) is 0.167. The molecular weight excluding hydrogens is 372 g/mol. The van der Waals surface area contributed by atoms with Crippen molar-refractivity contribution in [3.05, 3.63) is 63.6 Å². The smallest absolute Gasteiger partial charge is 0.261 e. The molecule has 0 aromatic heterocycles. The number of carbonyl (C=O) groups is 3. The van der Waals surface area contributed by atoms with Crippen LogP contribution in [0.5, 0.6) is 0 Å². The number of hydrogen-bond donors (Lipinski definition) is 1. The van der Waals surface area contributed by atoms with Crippen molar-refractivity contribution in [2.75, 3.05) is 11.9 Å². The standard InChI is InChI=1S/C18H15BrN2O3/c1-11-8-13(6-7-15(11)19)20-16(22)10-21-17(23)9-12-4-2-3-5-14(12)18(21)24/h2-8H,9-10H2,1H3,(H,20,22). The summed E-state index contributed by atoms with van der Waals surface area (Å²) >= 11 is 3.40. The quantitative estimate of drug-likeness (QED) is 0.824. The van der Waals surface area contributed by atoms with Crippen LogP contribution in [0.1, 0.15) is 21.5 Å². The van der Waals surface area contributed by atoms with Gasteiger partial charge in [0.2, 0.25) is 11.8 Å². The number of imide groups is 1. The lowest BCUT2D eigenvalue weighted by molar-refractivity contribution is -0.131. The van der Waals surface area contributed by atoms with Crippen molar-refractivity contribution in [2.45, 2.75) is 13.3 Å². The molecule has 3 rings (SSSR count). The average molecular weight is 387 g/mol. The summed E-state index contributed by atoms with van der Waals surface area (Å²) in [5.41, 5.74) is 2.78. The second kappa shape index (κ2) is 6.57. The average Bonchev–Trinajstić information content (AvgIpc) is 2.55. The van der Waals surface area contributed by atoms with E-state index in [0.29, 0.717) is 16.8 Å². The van der Waals surface area contributed by atoms with Crippen LogP contribution in [-0.2, 0) is 16.0 Å². The van der Waals surface area contributed by atoms with Crippen LogP contribution in [0.4, 0.5) is 5.69 Å². The van der Waals surface area contributed by atoms with Crippen LogP contribution in [-0.4, -0.2) is 29.2 Å². The number of nitrogens with zero attached hydrogens (tertiary/aromatic N) is 1. The first kappa shape index (κ1) is 16.4. The van der Waals surface area contributed by atoms with Gasteiger partial charge in [0.15, 0.2) is 0 Å². The third kappa shape index (κ3) is 3.23. The van der Waals surface area contributed by atoms with Crippen molar-refractivity contribution < 1.29 is 14.4 Å². The Morgan fingerprint density at radius 3 is 2.71 bits per heavy atom. The van der Waals surface area contributed by atoms with Crippen LogP contribution >= 0.6 is 15.9 Å². The lowest BCUT2D eigenvalue weighted by Gasteiger charge is -2.26. The van der Waals surface area contributed by atoms with Gasteiger partial charge < -0.3 is 5.32 Å². The van der Waals surface area contributed by atoms with Gasteiger partial charge in [0, 0.05) is 15.7 Å². The van der Waals surface area contributed by atoms with Crippen molar-refractivity contribution in [1.29, 1.82) is 0 Å². The number of benzene rings is 2. The van der Waals surface area contributed by atoms with E-state index in [1.165, 1.54) is 0 Å². The van der Waals surface area contributed by atoms with E-state index < -0.39 is 11.8 Å². The molecule has 6 heteroatoms. The maximum absolute atomic E-state index is 12.4.